The predicted octanol–water partition coefficient (Wildman–Crippen LogP) is 2.00. The molecular formula is C14H17NO2S. The second-order valence-corrected chi connectivity index (χ2v) is 6.17. The van der Waals surface area contributed by atoms with Gasteiger partial charge < -0.3 is 15.2 Å². The zero-order chi connectivity index (χ0) is 12.4. The first kappa shape index (κ1) is 12.1. The Labute approximate surface area is 110 Å². The van der Waals surface area contributed by atoms with Gasteiger partial charge in [0.05, 0.1) is 25.2 Å². The molecule has 0 spiro atoms. The third-order valence-electron chi connectivity index (χ3n) is 3.43. The molecule has 0 radical (unpaired) electrons. The predicted molar refractivity (Wildman–Crippen MR) is 73.9 cm³/mol. The molecule has 0 aliphatic carbocycles. The highest BCUT2D eigenvalue weighted by Crippen LogP contribution is 2.27. The van der Waals surface area contributed by atoms with Gasteiger partial charge in [-0.05, 0) is 17.5 Å². The minimum atomic E-state index is -0.0450. The number of aliphatic hydroxyl groups excluding tert-OH is 1. The van der Waals surface area contributed by atoms with Crippen molar-refractivity contribution in [2.75, 3.05) is 26.4 Å². The Balaban J connectivity index is 1.59. The van der Waals surface area contributed by atoms with E-state index in [2.05, 4.69) is 35.6 Å². The smallest absolute Gasteiger partial charge is 0.0579 e. The number of thiophene rings is 1. The number of ether oxygens (including phenoxy) is 1. The van der Waals surface area contributed by atoms with Crippen molar-refractivity contribution in [2.45, 2.75) is 6.54 Å². The average Bonchev–Trinajstić information content (AvgIpc) is 2.75. The summed E-state index contributed by atoms with van der Waals surface area (Å²) < 4.78 is 6.51. The van der Waals surface area contributed by atoms with Crippen LogP contribution in [0.2, 0.25) is 0 Å². The minimum absolute atomic E-state index is 0.0450. The Morgan fingerprint density at radius 2 is 2.17 bits per heavy atom. The summed E-state index contributed by atoms with van der Waals surface area (Å²) in [6.45, 7) is 3.22. The molecular weight excluding hydrogens is 246 g/mol. The van der Waals surface area contributed by atoms with Gasteiger partial charge in [0.2, 0.25) is 0 Å². The summed E-state index contributed by atoms with van der Waals surface area (Å²) in [5, 5.41) is 14.1. The lowest BCUT2D eigenvalue weighted by Gasteiger charge is -2.39. The summed E-state index contributed by atoms with van der Waals surface area (Å²) in [6, 6.07) is 10.7. The van der Waals surface area contributed by atoms with E-state index in [4.69, 9.17) is 4.74 Å². The number of fused-ring (bicyclic) bond motifs is 1. The molecule has 1 saturated heterocycles. The van der Waals surface area contributed by atoms with Crippen molar-refractivity contribution in [3.8, 4) is 0 Å². The van der Waals surface area contributed by atoms with Crippen LogP contribution in [0.3, 0.4) is 0 Å². The van der Waals surface area contributed by atoms with Crippen LogP contribution in [0.4, 0.5) is 0 Å². The molecule has 4 heteroatoms. The van der Waals surface area contributed by atoms with Crippen LogP contribution in [0, 0.1) is 5.41 Å². The van der Waals surface area contributed by atoms with Gasteiger partial charge in [0.25, 0.3) is 0 Å². The molecule has 96 valence electrons. The summed E-state index contributed by atoms with van der Waals surface area (Å²) in [5.41, 5.74) is -0.0450. The van der Waals surface area contributed by atoms with Crippen LogP contribution in [-0.2, 0) is 11.3 Å². The van der Waals surface area contributed by atoms with Gasteiger partial charge in [-0.25, -0.2) is 0 Å². The lowest BCUT2D eigenvalue weighted by molar-refractivity contribution is -0.134. The van der Waals surface area contributed by atoms with E-state index in [9.17, 15) is 5.11 Å². The Hall–Kier alpha value is -0.940. The third-order valence-corrected chi connectivity index (χ3v) is 4.54. The van der Waals surface area contributed by atoms with Crippen LogP contribution in [0.5, 0.6) is 0 Å². The maximum Gasteiger partial charge on any atom is 0.0579 e. The molecule has 1 aromatic carbocycles. The first-order valence-corrected chi connectivity index (χ1v) is 7.00. The molecule has 1 aliphatic heterocycles. The molecule has 18 heavy (non-hydrogen) atoms. The zero-order valence-electron chi connectivity index (χ0n) is 10.2. The van der Waals surface area contributed by atoms with E-state index in [-0.39, 0.29) is 12.0 Å². The standard InChI is InChI=1S/C14H17NO2S/c16-8-14(9-17-10-14)7-15-6-12-5-11-3-1-2-4-13(11)18-12/h1-5,15-16H,6-10H2. The maximum absolute atomic E-state index is 9.33. The van der Waals surface area contributed by atoms with Crippen molar-refractivity contribution in [2.24, 2.45) is 5.41 Å². The summed E-state index contributed by atoms with van der Waals surface area (Å²) in [7, 11) is 0. The van der Waals surface area contributed by atoms with Crippen LogP contribution >= 0.6 is 11.3 Å². The highest BCUT2D eigenvalue weighted by molar-refractivity contribution is 7.19. The molecule has 2 heterocycles. The van der Waals surface area contributed by atoms with Gasteiger partial charge in [-0.3, -0.25) is 0 Å². The van der Waals surface area contributed by atoms with Crippen molar-refractivity contribution in [3.05, 3.63) is 35.2 Å². The first-order valence-electron chi connectivity index (χ1n) is 6.18. The molecule has 2 N–H and O–H groups in total. The Kier molecular flexibility index (Phi) is 3.35. The second kappa shape index (κ2) is 4.97. The molecule has 1 aliphatic rings. The lowest BCUT2D eigenvalue weighted by Crippen LogP contribution is -2.52. The summed E-state index contributed by atoms with van der Waals surface area (Å²) in [4.78, 5) is 1.34. The molecule has 0 unspecified atom stereocenters. The molecule has 3 rings (SSSR count). The van der Waals surface area contributed by atoms with Gasteiger partial charge in [0.1, 0.15) is 0 Å². The van der Waals surface area contributed by atoms with Crippen LogP contribution < -0.4 is 5.32 Å². The van der Waals surface area contributed by atoms with Gasteiger partial charge in [-0.15, -0.1) is 11.3 Å². The lowest BCUT2D eigenvalue weighted by atomic mass is 9.87. The maximum atomic E-state index is 9.33. The van der Waals surface area contributed by atoms with Crippen molar-refractivity contribution >= 4 is 21.4 Å². The summed E-state index contributed by atoms with van der Waals surface area (Å²) >= 11 is 1.82. The first-order chi connectivity index (χ1) is 8.81. The van der Waals surface area contributed by atoms with Crippen LogP contribution in [0.15, 0.2) is 30.3 Å². The van der Waals surface area contributed by atoms with E-state index in [1.165, 1.54) is 15.0 Å². The highest BCUT2D eigenvalue weighted by atomic mass is 32.1. The number of nitrogens with one attached hydrogen (secondary N) is 1. The van der Waals surface area contributed by atoms with E-state index in [1.54, 1.807) is 0 Å². The fourth-order valence-corrected chi connectivity index (χ4v) is 3.25. The summed E-state index contributed by atoms with van der Waals surface area (Å²) in [5.74, 6) is 0. The average molecular weight is 263 g/mol. The quantitative estimate of drug-likeness (QED) is 0.867. The van der Waals surface area contributed by atoms with Crippen molar-refractivity contribution < 1.29 is 9.84 Å². The van der Waals surface area contributed by atoms with E-state index >= 15 is 0 Å². The molecule has 3 nitrogen and oxygen atoms in total. The molecule has 0 saturated carbocycles. The molecule has 0 atom stereocenters. The van der Waals surface area contributed by atoms with Gasteiger partial charge in [0.15, 0.2) is 0 Å². The molecule has 1 aromatic heterocycles. The summed E-state index contributed by atoms with van der Waals surface area (Å²) in [6.07, 6.45) is 0. The Morgan fingerprint density at radius 1 is 1.33 bits per heavy atom. The van der Waals surface area contributed by atoms with Crippen LogP contribution in [0.1, 0.15) is 4.88 Å². The van der Waals surface area contributed by atoms with Crippen molar-refractivity contribution in [3.63, 3.8) is 0 Å². The zero-order valence-corrected chi connectivity index (χ0v) is 11.0. The Bertz CT molecular complexity index is 495. The van der Waals surface area contributed by atoms with Crippen LogP contribution in [0.25, 0.3) is 10.1 Å². The third kappa shape index (κ3) is 2.29. The Morgan fingerprint density at radius 3 is 2.83 bits per heavy atom. The van der Waals surface area contributed by atoms with Crippen molar-refractivity contribution in [1.29, 1.82) is 0 Å². The van der Waals surface area contributed by atoms with Gasteiger partial charge in [0, 0.05) is 22.7 Å². The molecule has 1 fully saturated rings. The van der Waals surface area contributed by atoms with Crippen molar-refractivity contribution in [1.82, 2.24) is 5.32 Å². The number of hydrogen-bond donors (Lipinski definition) is 2. The molecule has 2 aromatic rings. The fourth-order valence-electron chi connectivity index (χ4n) is 2.21. The van der Waals surface area contributed by atoms with E-state index in [0.717, 1.165) is 13.1 Å². The number of hydrogen-bond acceptors (Lipinski definition) is 4. The van der Waals surface area contributed by atoms with Gasteiger partial charge in [-0.1, -0.05) is 18.2 Å². The number of aliphatic hydroxyl groups is 1. The largest absolute Gasteiger partial charge is 0.396 e. The monoisotopic (exact) mass is 263 g/mol. The number of rotatable bonds is 5. The van der Waals surface area contributed by atoms with Crippen LogP contribution in [-0.4, -0.2) is 31.5 Å². The molecule has 0 bridgehead atoms. The van der Waals surface area contributed by atoms with Gasteiger partial charge >= 0.3 is 0 Å². The second-order valence-electron chi connectivity index (χ2n) is 5.01. The normalized spacial score (nSPS) is 17.8. The van der Waals surface area contributed by atoms with Gasteiger partial charge in [-0.2, -0.15) is 0 Å². The van der Waals surface area contributed by atoms with E-state index in [1.807, 2.05) is 11.3 Å². The van der Waals surface area contributed by atoms with E-state index < -0.39 is 0 Å². The minimum Gasteiger partial charge on any atom is -0.396 e. The fraction of sp³-hybridized carbons (Fsp3) is 0.429. The number of benzene rings is 1. The highest BCUT2D eigenvalue weighted by Gasteiger charge is 2.37. The SMILES string of the molecule is OCC1(CNCc2cc3ccccc3s2)COC1. The van der Waals surface area contributed by atoms with E-state index in [0.29, 0.717) is 13.2 Å². The molecule has 0 amide bonds. The topological polar surface area (TPSA) is 41.5 Å².